The van der Waals surface area contributed by atoms with E-state index >= 15 is 0 Å². The van der Waals surface area contributed by atoms with Crippen LogP contribution in [0.25, 0.3) is 0 Å². The summed E-state index contributed by atoms with van der Waals surface area (Å²) >= 11 is 0. The number of carbonyl (C=O) groups is 1. The molecule has 1 rings (SSSR count). The molecule has 1 amide bonds. The lowest BCUT2D eigenvalue weighted by molar-refractivity contribution is -0.125. The standard InChI is InChI=1S/C17H27F2N3O3S.ClH/c1-6-17(7-2,10-20)15(23)21-13-9-14(12(19)8-11(13)18)26(24,25)22-16(3,4)5;/h8-9,22H,6-7,10,20H2,1-5H3,(H,21,23);1H. The van der Waals surface area contributed by atoms with E-state index in [9.17, 15) is 22.0 Å². The molecule has 10 heteroatoms. The molecule has 0 aromatic heterocycles. The molecule has 0 aliphatic heterocycles. The smallest absolute Gasteiger partial charge is 0.244 e. The summed E-state index contributed by atoms with van der Waals surface area (Å²) in [7, 11) is -4.24. The molecule has 0 bridgehead atoms. The number of halogens is 3. The third kappa shape index (κ3) is 6.10. The van der Waals surface area contributed by atoms with E-state index in [1.54, 1.807) is 34.6 Å². The van der Waals surface area contributed by atoms with Crippen LogP contribution in [0, 0.1) is 17.0 Å². The Morgan fingerprint density at radius 1 is 1.11 bits per heavy atom. The van der Waals surface area contributed by atoms with E-state index in [4.69, 9.17) is 5.73 Å². The fraction of sp³-hybridized carbons (Fsp3) is 0.588. The van der Waals surface area contributed by atoms with E-state index in [1.807, 2.05) is 0 Å². The van der Waals surface area contributed by atoms with E-state index < -0.39 is 49.1 Å². The maximum Gasteiger partial charge on any atom is 0.244 e. The molecule has 4 N–H and O–H groups in total. The molecule has 156 valence electrons. The Bertz CT molecular complexity index is 768. The van der Waals surface area contributed by atoms with E-state index in [-0.39, 0.29) is 19.0 Å². The Morgan fingerprint density at radius 3 is 2.04 bits per heavy atom. The van der Waals surface area contributed by atoms with Gasteiger partial charge in [0.1, 0.15) is 16.5 Å². The largest absolute Gasteiger partial charge is 0.329 e. The van der Waals surface area contributed by atoms with Gasteiger partial charge in [0.15, 0.2) is 0 Å². The third-order valence-corrected chi connectivity index (χ3v) is 6.00. The van der Waals surface area contributed by atoms with Gasteiger partial charge in [-0.05, 0) is 39.7 Å². The number of anilines is 1. The topological polar surface area (TPSA) is 101 Å². The summed E-state index contributed by atoms with van der Waals surface area (Å²) in [6.07, 6.45) is 0.844. The second kappa shape index (κ2) is 9.27. The van der Waals surface area contributed by atoms with Crippen LogP contribution < -0.4 is 15.8 Å². The van der Waals surface area contributed by atoms with Crippen molar-refractivity contribution < 1.29 is 22.0 Å². The molecule has 0 saturated heterocycles. The van der Waals surface area contributed by atoms with Gasteiger partial charge in [0, 0.05) is 18.2 Å². The highest BCUT2D eigenvalue weighted by molar-refractivity contribution is 7.89. The van der Waals surface area contributed by atoms with Crippen LogP contribution in [0.2, 0.25) is 0 Å². The molecule has 27 heavy (non-hydrogen) atoms. The highest BCUT2D eigenvalue weighted by Gasteiger charge is 2.34. The Hall–Kier alpha value is -1.29. The minimum Gasteiger partial charge on any atom is -0.329 e. The molecule has 0 saturated carbocycles. The molecule has 0 spiro atoms. The minimum atomic E-state index is -4.24. The first-order valence-corrected chi connectivity index (χ1v) is 9.84. The zero-order chi connectivity index (χ0) is 20.3. The predicted molar refractivity (Wildman–Crippen MR) is 104 cm³/mol. The molecule has 6 nitrogen and oxygen atoms in total. The Kier molecular flexibility index (Phi) is 8.83. The van der Waals surface area contributed by atoms with E-state index in [1.165, 1.54) is 0 Å². The zero-order valence-electron chi connectivity index (χ0n) is 16.2. The van der Waals surface area contributed by atoms with Crippen molar-refractivity contribution in [2.45, 2.75) is 57.9 Å². The van der Waals surface area contributed by atoms with Crippen molar-refractivity contribution in [1.29, 1.82) is 0 Å². The van der Waals surface area contributed by atoms with Crippen LogP contribution in [0.4, 0.5) is 14.5 Å². The second-order valence-corrected chi connectivity index (χ2v) is 8.91. The Labute approximate surface area is 165 Å². The van der Waals surface area contributed by atoms with Crippen molar-refractivity contribution in [3.8, 4) is 0 Å². The number of hydrogen-bond acceptors (Lipinski definition) is 4. The van der Waals surface area contributed by atoms with Gasteiger partial charge in [-0.2, -0.15) is 0 Å². The summed E-state index contributed by atoms with van der Waals surface area (Å²) in [5, 5.41) is 2.35. The van der Waals surface area contributed by atoms with Gasteiger partial charge in [0.2, 0.25) is 15.9 Å². The summed E-state index contributed by atoms with van der Waals surface area (Å²) in [6, 6.07) is 1.22. The van der Waals surface area contributed by atoms with E-state index in [2.05, 4.69) is 10.0 Å². The van der Waals surface area contributed by atoms with Gasteiger partial charge in [0.25, 0.3) is 0 Å². The van der Waals surface area contributed by atoms with Crippen molar-refractivity contribution in [3.05, 3.63) is 23.8 Å². The number of rotatable bonds is 7. The molecule has 0 heterocycles. The van der Waals surface area contributed by atoms with Gasteiger partial charge in [-0.15, -0.1) is 12.4 Å². The van der Waals surface area contributed by atoms with Crippen LogP contribution in [-0.2, 0) is 14.8 Å². The fourth-order valence-electron chi connectivity index (χ4n) is 2.50. The number of sulfonamides is 1. The van der Waals surface area contributed by atoms with Crippen molar-refractivity contribution in [2.75, 3.05) is 11.9 Å². The molecule has 1 aromatic carbocycles. The first-order chi connectivity index (χ1) is 11.8. The number of benzene rings is 1. The van der Waals surface area contributed by atoms with Gasteiger partial charge < -0.3 is 11.1 Å². The summed E-state index contributed by atoms with van der Waals surface area (Å²) in [6.45, 7) is 8.37. The Balaban J connectivity index is 0.00000676. The van der Waals surface area contributed by atoms with Crippen LogP contribution in [-0.4, -0.2) is 26.4 Å². The van der Waals surface area contributed by atoms with Crippen LogP contribution >= 0.6 is 12.4 Å². The van der Waals surface area contributed by atoms with E-state index in [0.717, 1.165) is 6.07 Å². The van der Waals surface area contributed by atoms with Gasteiger partial charge >= 0.3 is 0 Å². The van der Waals surface area contributed by atoms with Gasteiger partial charge in [-0.25, -0.2) is 21.9 Å². The van der Waals surface area contributed by atoms with Crippen LogP contribution in [0.15, 0.2) is 17.0 Å². The van der Waals surface area contributed by atoms with Crippen molar-refractivity contribution in [2.24, 2.45) is 11.1 Å². The lowest BCUT2D eigenvalue weighted by Gasteiger charge is -2.28. The Morgan fingerprint density at radius 2 is 1.63 bits per heavy atom. The molecular formula is C17H28ClF2N3O3S. The SMILES string of the molecule is CCC(CC)(CN)C(=O)Nc1cc(S(=O)(=O)NC(C)(C)C)c(F)cc1F.Cl. The normalized spacial score (nSPS) is 12.4. The van der Waals surface area contributed by atoms with Crippen LogP contribution in [0.5, 0.6) is 0 Å². The first-order valence-electron chi connectivity index (χ1n) is 8.36. The minimum absolute atomic E-state index is 0. The van der Waals surface area contributed by atoms with Crippen LogP contribution in [0.1, 0.15) is 47.5 Å². The highest BCUT2D eigenvalue weighted by Crippen LogP contribution is 2.29. The van der Waals surface area contributed by atoms with Crippen molar-refractivity contribution in [1.82, 2.24) is 4.72 Å². The number of carbonyl (C=O) groups excluding carboxylic acids is 1. The molecule has 0 fully saturated rings. The summed E-state index contributed by atoms with van der Waals surface area (Å²) in [5.41, 5.74) is 3.51. The highest BCUT2D eigenvalue weighted by atomic mass is 35.5. The van der Waals surface area contributed by atoms with Gasteiger partial charge in [0.05, 0.1) is 11.1 Å². The number of amides is 1. The molecule has 0 aliphatic carbocycles. The second-order valence-electron chi connectivity index (χ2n) is 7.26. The number of nitrogens with two attached hydrogens (primary N) is 1. The monoisotopic (exact) mass is 427 g/mol. The number of nitrogens with one attached hydrogen (secondary N) is 2. The lowest BCUT2D eigenvalue weighted by Crippen LogP contribution is -2.42. The van der Waals surface area contributed by atoms with Crippen molar-refractivity contribution >= 4 is 34.0 Å². The molecule has 0 atom stereocenters. The fourth-order valence-corrected chi connectivity index (χ4v) is 4.00. The summed E-state index contributed by atoms with van der Waals surface area (Å²) in [5.74, 6) is -2.85. The van der Waals surface area contributed by atoms with Crippen LogP contribution in [0.3, 0.4) is 0 Å². The van der Waals surface area contributed by atoms with E-state index in [0.29, 0.717) is 18.9 Å². The molecule has 0 aliphatic rings. The third-order valence-electron chi connectivity index (χ3n) is 4.23. The summed E-state index contributed by atoms with van der Waals surface area (Å²) in [4.78, 5) is 11.8. The summed E-state index contributed by atoms with van der Waals surface area (Å²) < 4.78 is 55.2. The molecule has 0 radical (unpaired) electrons. The predicted octanol–water partition coefficient (Wildman–Crippen LogP) is 3.17. The van der Waals surface area contributed by atoms with Gasteiger partial charge in [-0.3, -0.25) is 4.79 Å². The maximum atomic E-state index is 14.1. The maximum absolute atomic E-state index is 14.1. The average Bonchev–Trinajstić information content (AvgIpc) is 2.49. The first kappa shape index (κ1) is 25.7. The molecule has 0 unspecified atom stereocenters. The zero-order valence-corrected chi connectivity index (χ0v) is 17.8. The lowest BCUT2D eigenvalue weighted by atomic mass is 9.81. The average molecular weight is 428 g/mol. The molecule has 1 aromatic rings. The molecular weight excluding hydrogens is 400 g/mol. The quantitative estimate of drug-likeness (QED) is 0.622. The number of hydrogen-bond donors (Lipinski definition) is 3. The van der Waals surface area contributed by atoms with Gasteiger partial charge in [-0.1, -0.05) is 13.8 Å². The van der Waals surface area contributed by atoms with Crippen molar-refractivity contribution in [3.63, 3.8) is 0 Å².